The number of halogens is 3. The standard InChI is InChI=1S/C17H15F3N6O2/c1-9-5-11-6-12(4-3-10(11)8-21-9)22-16(27)25-15-23-13(17(18,19)20)7-14(24-15)26-28-2/h3-8H,1-2H3,(H3,22,23,24,25,26,27). The van der Waals surface area contributed by atoms with E-state index in [4.69, 9.17) is 0 Å². The summed E-state index contributed by atoms with van der Waals surface area (Å²) in [5, 5.41) is 6.45. The van der Waals surface area contributed by atoms with Gasteiger partial charge in [0.05, 0.1) is 7.11 Å². The van der Waals surface area contributed by atoms with Crippen molar-refractivity contribution in [3.8, 4) is 0 Å². The Morgan fingerprint density at radius 3 is 2.57 bits per heavy atom. The normalized spacial score (nSPS) is 11.3. The summed E-state index contributed by atoms with van der Waals surface area (Å²) in [6, 6.07) is 6.83. The fraction of sp³-hybridized carbons (Fsp3) is 0.176. The molecule has 0 saturated carbocycles. The summed E-state index contributed by atoms with van der Waals surface area (Å²) in [5.41, 5.74) is 2.20. The topological polar surface area (TPSA) is 101 Å². The number of aromatic nitrogens is 3. The lowest BCUT2D eigenvalue weighted by atomic mass is 10.1. The molecule has 0 fully saturated rings. The van der Waals surface area contributed by atoms with Crippen LogP contribution in [0.15, 0.2) is 36.5 Å². The zero-order valence-electron chi connectivity index (χ0n) is 14.8. The number of aryl methyl sites for hydroxylation is 1. The molecule has 3 N–H and O–H groups in total. The number of nitrogens with zero attached hydrogens (tertiary/aromatic N) is 3. The molecule has 0 aliphatic carbocycles. The predicted molar refractivity (Wildman–Crippen MR) is 96.8 cm³/mol. The molecule has 0 atom stereocenters. The minimum absolute atomic E-state index is 0.256. The molecular weight excluding hydrogens is 377 g/mol. The van der Waals surface area contributed by atoms with Crippen LogP contribution in [0.25, 0.3) is 10.8 Å². The molecule has 28 heavy (non-hydrogen) atoms. The van der Waals surface area contributed by atoms with Crippen LogP contribution in [-0.2, 0) is 11.0 Å². The van der Waals surface area contributed by atoms with Gasteiger partial charge in [-0.25, -0.2) is 15.3 Å². The van der Waals surface area contributed by atoms with E-state index in [1.165, 1.54) is 7.11 Å². The molecule has 0 aliphatic rings. The molecule has 0 aliphatic heterocycles. The molecule has 0 unspecified atom stereocenters. The lowest BCUT2D eigenvalue weighted by Gasteiger charge is -2.12. The smallest absolute Gasteiger partial charge is 0.308 e. The lowest BCUT2D eigenvalue weighted by molar-refractivity contribution is -0.141. The van der Waals surface area contributed by atoms with E-state index in [1.807, 2.05) is 13.0 Å². The number of hydrogen-bond acceptors (Lipinski definition) is 6. The largest absolute Gasteiger partial charge is 0.433 e. The monoisotopic (exact) mass is 392 g/mol. The SMILES string of the molecule is CONc1cc(C(F)(F)F)nc(NC(=O)Nc2ccc3cnc(C)cc3c2)n1. The Bertz CT molecular complexity index is 1030. The highest BCUT2D eigenvalue weighted by atomic mass is 19.4. The Morgan fingerprint density at radius 2 is 1.86 bits per heavy atom. The maximum atomic E-state index is 13.0. The Balaban J connectivity index is 1.79. The van der Waals surface area contributed by atoms with Crippen LogP contribution in [0.4, 0.5) is 35.4 Å². The lowest BCUT2D eigenvalue weighted by Crippen LogP contribution is -2.22. The van der Waals surface area contributed by atoms with E-state index in [0.29, 0.717) is 11.8 Å². The van der Waals surface area contributed by atoms with Gasteiger partial charge in [0.15, 0.2) is 11.5 Å². The van der Waals surface area contributed by atoms with E-state index in [2.05, 4.69) is 35.9 Å². The molecule has 146 valence electrons. The van der Waals surface area contributed by atoms with Crippen LogP contribution in [0.5, 0.6) is 0 Å². The highest BCUT2D eigenvalue weighted by Crippen LogP contribution is 2.29. The highest BCUT2D eigenvalue weighted by molar-refractivity contribution is 6.00. The Hall–Kier alpha value is -3.47. The number of urea groups is 1. The maximum absolute atomic E-state index is 13.0. The Kier molecular flexibility index (Phi) is 5.27. The zero-order chi connectivity index (χ0) is 20.3. The summed E-state index contributed by atoms with van der Waals surface area (Å²) in [6.45, 7) is 1.84. The number of anilines is 3. The van der Waals surface area contributed by atoms with Crippen molar-refractivity contribution in [2.24, 2.45) is 0 Å². The average molecular weight is 392 g/mol. The van der Waals surface area contributed by atoms with Gasteiger partial charge in [0.25, 0.3) is 0 Å². The van der Waals surface area contributed by atoms with Crippen LogP contribution in [0.3, 0.4) is 0 Å². The second-order valence-corrected chi connectivity index (χ2v) is 5.73. The number of benzene rings is 1. The average Bonchev–Trinajstić information content (AvgIpc) is 2.60. The summed E-state index contributed by atoms with van der Waals surface area (Å²) in [6.07, 6.45) is -3.01. The number of fused-ring (bicyclic) bond motifs is 1. The first-order chi connectivity index (χ1) is 13.2. The molecule has 3 rings (SSSR count). The summed E-state index contributed by atoms with van der Waals surface area (Å²) in [4.78, 5) is 28.0. The molecule has 2 aromatic heterocycles. The van der Waals surface area contributed by atoms with Crippen LogP contribution in [0.2, 0.25) is 0 Å². The Labute approximate surface area is 157 Å². The molecule has 11 heteroatoms. The number of nitrogens with one attached hydrogen (secondary N) is 3. The van der Waals surface area contributed by atoms with Gasteiger partial charge in [-0.2, -0.15) is 18.2 Å². The molecule has 0 spiro atoms. The van der Waals surface area contributed by atoms with Crippen molar-refractivity contribution in [1.29, 1.82) is 0 Å². The zero-order valence-corrected chi connectivity index (χ0v) is 14.8. The number of alkyl halides is 3. The summed E-state index contributed by atoms with van der Waals surface area (Å²) in [7, 11) is 1.21. The number of hydrogen-bond donors (Lipinski definition) is 3. The van der Waals surface area contributed by atoms with E-state index in [1.54, 1.807) is 24.4 Å². The molecule has 0 radical (unpaired) electrons. The maximum Gasteiger partial charge on any atom is 0.433 e. The van der Waals surface area contributed by atoms with Gasteiger partial charge in [0, 0.05) is 29.0 Å². The number of carbonyl (C=O) groups excluding carboxylic acids is 1. The van der Waals surface area contributed by atoms with Gasteiger partial charge in [0.2, 0.25) is 5.95 Å². The van der Waals surface area contributed by atoms with Crippen molar-refractivity contribution in [3.05, 3.63) is 47.9 Å². The molecular formula is C17H15F3N6O2. The molecule has 2 amide bonds. The van der Waals surface area contributed by atoms with Gasteiger partial charge < -0.3 is 5.32 Å². The second-order valence-electron chi connectivity index (χ2n) is 5.73. The van der Waals surface area contributed by atoms with E-state index in [9.17, 15) is 18.0 Å². The Morgan fingerprint density at radius 1 is 1.07 bits per heavy atom. The van der Waals surface area contributed by atoms with Crippen molar-refractivity contribution < 1.29 is 22.8 Å². The van der Waals surface area contributed by atoms with E-state index >= 15 is 0 Å². The summed E-state index contributed by atoms with van der Waals surface area (Å²) < 4.78 is 38.9. The predicted octanol–water partition coefficient (Wildman–Crippen LogP) is 3.97. The molecule has 3 aromatic rings. The van der Waals surface area contributed by atoms with Crippen LogP contribution >= 0.6 is 0 Å². The molecule has 2 heterocycles. The first-order valence-corrected chi connectivity index (χ1v) is 7.94. The minimum atomic E-state index is -4.72. The van der Waals surface area contributed by atoms with Crippen molar-refractivity contribution in [3.63, 3.8) is 0 Å². The third-order valence-electron chi connectivity index (χ3n) is 3.56. The highest BCUT2D eigenvalue weighted by Gasteiger charge is 2.34. The number of pyridine rings is 1. The van der Waals surface area contributed by atoms with Crippen LogP contribution in [0, 0.1) is 6.92 Å². The van der Waals surface area contributed by atoms with Gasteiger partial charge >= 0.3 is 12.2 Å². The quantitative estimate of drug-likeness (QED) is 0.581. The molecule has 0 bridgehead atoms. The van der Waals surface area contributed by atoms with Crippen molar-refractivity contribution in [2.45, 2.75) is 13.1 Å². The summed E-state index contributed by atoms with van der Waals surface area (Å²) >= 11 is 0. The fourth-order valence-electron chi connectivity index (χ4n) is 2.40. The first kappa shape index (κ1) is 19.3. The third kappa shape index (κ3) is 4.62. The van der Waals surface area contributed by atoms with E-state index < -0.39 is 23.8 Å². The van der Waals surface area contributed by atoms with Gasteiger partial charge in [0.1, 0.15) is 0 Å². The molecule has 8 nitrogen and oxygen atoms in total. The third-order valence-corrected chi connectivity index (χ3v) is 3.56. The second kappa shape index (κ2) is 7.64. The van der Waals surface area contributed by atoms with Crippen molar-refractivity contribution >= 4 is 34.3 Å². The molecule has 1 aromatic carbocycles. The summed E-state index contributed by atoms with van der Waals surface area (Å²) in [5.74, 6) is -0.790. The fourth-order valence-corrected chi connectivity index (χ4v) is 2.40. The molecule has 0 saturated heterocycles. The van der Waals surface area contributed by atoms with Crippen LogP contribution < -0.4 is 16.1 Å². The van der Waals surface area contributed by atoms with Gasteiger partial charge in [-0.1, -0.05) is 6.07 Å². The van der Waals surface area contributed by atoms with Crippen LogP contribution in [0.1, 0.15) is 11.4 Å². The van der Waals surface area contributed by atoms with Crippen LogP contribution in [-0.4, -0.2) is 28.1 Å². The van der Waals surface area contributed by atoms with Gasteiger partial charge in [-0.05, 0) is 30.5 Å². The van der Waals surface area contributed by atoms with E-state index in [-0.39, 0.29) is 5.82 Å². The number of rotatable bonds is 4. The van der Waals surface area contributed by atoms with Crippen molar-refractivity contribution in [2.75, 3.05) is 23.2 Å². The van der Waals surface area contributed by atoms with Gasteiger partial charge in [-0.15, -0.1) is 0 Å². The minimum Gasteiger partial charge on any atom is -0.308 e. The number of carbonyl (C=O) groups is 1. The van der Waals surface area contributed by atoms with Crippen molar-refractivity contribution in [1.82, 2.24) is 15.0 Å². The number of amides is 2. The van der Waals surface area contributed by atoms with Gasteiger partial charge in [-0.3, -0.25) is 15.1 Å². The van der Waals surface area contributed by atoms with E-state index in [0.717, 1.165) is 16.5 Å². The first-order valence-electron chi connectivity index (χ1n) is 7.94.